The normalized spacial score (nSPS) is 10.6. The maximum absolute atomic E-state index is 12.7. The highest BCUT2D eigenvalue weighted by atomic mass is 35.5. The van der Waals surface area contributed by atoms with Gasteiger partial charge in [-0.15, -0.1) is 0 Å². The summed E-state index contributed by atoms with van der Waals surface area (Å²) in [6.45, 7) is 2.91. The summed E-state index contributed by atoms with van der Waals surface area (Å²) >= 11 is 5.93. The minimum atomic E-state index is -0.115. The summed E-state index contributed by atoms with van der Waals surface area (Å²) in [5.74, 6) is 0.679. The quantitative estimate of drug-likeness (QED) is 0.708. The van der Waals surface area contributed by atoms with Crippen LogP contribution in [0.25, 0.3) is 11.3 Å². The first-order valence-electron chi connectivity index (χ1n) is 8.29. The Hall–Kier alpha value is -2.79. The number of nitrogens with zero attached hydrogens (tertiary/aromatic N) is 2. The van der Waals surface area contributed by atoms with Gasteiger partial charge in [0.05, 0.1) is 24.0 Å². The second-order valence-electron chi connectivity index (χ2n) is 6.05. The third-order valence-corrected chi connectivity index (χ3v) is 4.32. The highest BCUT2D eigenvalue weighted by Crippen LogP contribution is 2.23. The molecule has 2 aromatic carbocycles. The van der Waals surface area contributed by atoms with E-state index in [4.69, 9.17) is 16.3 Å². The van der Waals surface area contributed by atoms with Crippen LogP contribution in [0.4, 0.5) is 0 Å². The molecule has 1 heterocycles. The molecule has 0 unspecified atom stereocenters. The summed E-state index contributed by atoms with van der Waals surface area (Å²) in [4.78, 5) is 14.4. The van der Waals surface area contributed by atoms with E-state index >= 15 is 0 Å². The second-order valence-corrected chi connectivity index (χ2v) is 6.49. The van der Waals surface area contributed by atoms with Crippen molar-refractivity contribution in [3.63, 3.8) is 0 Å². The molecule has 0 aliphatic heterocycles. The number of halogens is 1. The third kappa shape index (κ3) is 4.24. The van der Waals surface area contributed by atoms with Crippen LogP contribution in [0.2, 0.25) is 5.02 Å². The first kappa shape index (κ1) is 18.0. The Bertz CT molecular complexity index is 873. The molecule has 5 nitrogen and oxygen atoms in total. The van der Waals surface area contributed by atoms with Crippen molar-refractivity contribution in [2.24, 2.45) is 0 Å². The van der Waals surface area contributed by atoms with Gasteiger partial charge in [0, 0.05) is 17.6 Å². The molecule has 3 rings (SSSR count). The van der Waals surface area contributed by atoms with Crippen LogP contribution in [0.3, 0.4) is 0 Å². The summed E-state index contributed by atoms with van der Waals surface area (Å²) in [5, 5.41) is 7.56. The molecule has 0 aliphatic rings. The van der Waals surface area contributed by atoms with Gasteiger partial charge in [-0.25, -0.2) is 0 Å². The molecule has 0 bridgehead atoms. The topological polar surface area (TPSA) is 58.2 Å². The van der Waals surface area contributed by atoms with Gasteiger partial charge in [-0.3, -0.25) is 9.89 Å². The fourth-order valence-electron chi connectivity index (χ4n) is 2.53. The molecule has 1 amide bonds. The fraction of sp³-hybridized carbons (Fsp3) is 0.200. The van der Waals surface area contributed by atoms with E-state index in [1.807, 2.05) is 43.3 Å². The molecular formula is C20H20ClN3O2. The van der Waals surface area contributed by atoms with Crippen molar-refractivity contribution >= 4 is 17.5 Å². The largest absolute Gasteiger partial charge is 0.492 e. The monoisotopic (exact) mass is 369 g/mol. The molecule has 0 aliphatic carbocycles. The summed E-state index contributed by atoms with van der Waals surface area (Å²) < 4.78 is 5.70. The predicted octanol–water partition coefficient (Wildman–Crippen LogP) is 4.19. The van der Waals surface area contributed by atoms with Crippen molar-refractivity contribution in [1.82, 2.24) is 15.1 Å². The lowest BCUT2D eigenvalue weighted by Gasteiger charge is -2.17. The number of hydrogen-bond acceptors (Lipinski definition) is 3. The van der Waals surface area contributed by atoms with E-state index in [2.05, 4.69) is 10.2 Å². The molecule has 0 atom stereocenters. The zero-order valence-electron chi connectivity index (χ0n) is 14.7. The Labute approximate surface area is 157 Å². The van der Waals surface area contributed by atoms with Gasteiger partial charge in [0.1, 0.15) is 12.4 Å². The molecule has 6 heteroatoms. The van der Waals surface area contributed by atoms with Crippen LogP contribution in [-0.2, 0) is 0 Å². The van der Waals surface area contributed by atoms with Crippen molar-refractivity contribution in [1.29, 1.82) is 0 Å². The SMILES string of the molecule is Cc1ccc(OCCN(C)C(=O)c2cn[nH]c2-c2ccc(Cl)cc2)cc1. The van der Waals surface area contributed by atoms with Gasteiger partial charge in [0.2, 0.25) is 0 Å². The highest BCUT2D eigenvalue weighted by Gasteiger charge is 2.18. The average molecular weight is 370 g/mol. The highest BCUT2D eigenvalue weighted by molar-refractivity contribution is 6.30. The van der Waals surface area contributed by atoms with Crippen LogP contribution in [0.15, 0.2) is 54.7 Å². The van der Waals surface area contributed by atoms with Gasteiger partial charge >= 0.3 is 0 Å². The number of aromatic amines is 1. The third-order valence-electron chi connectivity index (χ3n) is 4.07. The summed E-state index contributed by atoms with van der Waals surface area (Å²) in [6, 6.07) is 15.1. The van der Waals surface area contributed by atoms with E-state index < -0.39 is 0 Å². The molecule has 0 fully saturated rings. The standard InChI is InChI=1S/C20H20ClN3O2/c1-14-3-9-17(10-4-14)26-12-11-24(2)20(25)18-13-22-23-19(18)15-5-7-16(21)8-6-15/h3-10,13H,11-12H2,1-2H3,(H,22,23). The number of benzene rings is 2. The van der Waals surface area contributed by atoms with Crippen molar-refractivity contribution in [2.45, 2.75) is 6.92 Å². The van der Waals surface area contributed by atoms with Crippen LogP contribution >= 0.6 is 11.6 Å². The Balaban J connectivity index is 1.63. The minimum absolute atomic E-state index is 0.115. The minimum Gasteiger partial charge on any atom is -0.492 e. The van der Waals surface area contributed by atoms with Gasteiger partial charge in [-0.05, 0) is 31.2 Å². The zero-order chi connectivity index (χ0) is 18.5. The van der Waals surface area contributed by atoms with Crippen molar-refractivity contribution < 1.29 is 9.53 Å². The first-order valence-corrected chi connectivity index (χ1v) is 8.66. The number of rotatable bonds is 6. The Morgan fingerprint density at radius 3 is 2.54 bits per heavy atom. The fourth-order valence-corrected chi connectivity index (χ4v) is 2.65. The number of carbonyl (C=O) groups is 1. The summed E-state index contributed by atoms with van der Waals surface area (Å²) in [6.07, 6.45) is 1.55. The van der Waals surface area contributed by atoms with Gasteiger partial charge in [0.25, 0.3) is 5.91 Å². The number of likely N-dealkylation sites (N-methyl/N-ethyl adjacent to an activating group) is 1. The van der Waals surface area contributed by atoms with E-state index in [-0.39, 0.29) is 5.91 Å². The van der Waals surface area contributed by atoms with E-state index in [1.165, 1.54) is 5.56 Å². The lowest BCUT2D eigenvalue weighted by Crippen LogP contribution is -2.31. The molecule has 3 aromatic rings. The number of carbonyl (C=O) groups excluding carboxylic acids is 1. The maximum Gasteiger partial charge on any atom is 0.257 e. The molecule has 0 saturated heterocycles. The summed E-state index contributed by atoms with van der Waals surface area (Å²) in [5.41, 5.74) is 3.24. The van der Waals surface area contributed by atoms with Crippen LogP contribution in [-0.4, -0.2) is 41.2 Å². The Kier molecular flexibility index (Phi) is 5.58. The number of hydrogen-bond donors (Lipinski definition) is 1. The van der Waals surface area contributed by atoms with Gasteiger partial charge in [-0.2, -0.15) is 5.10 Å². The molecule has 26 heavy (non-hydrogen) atoms. The molecule has 0 saturated carbocycles. The van der Waals surface area contributed by atoms with Crippen molar-refractivity contribution in [3.8, 4) is 17.0 Å². The number of nitrogens with one attached hydrogen (secondary N) is 1. The van der Waals surface area contributed by atoms with Gasteiger partial charge in [-0.1, -0.05) is 41.4 Å². The summed E-state index contributed by atoms with van der Waals surface area (Å²) in [7, 11) is 1.75. The molecule has 1 aromatic heterocycles. The molecule has 0 radical (unpaired) electrons. The predicted molar refractivity (Wildman–Crippen MR) is 103 cm³/mol. The van der Waals surface area contributed by atoms with Gasteiger partial charge in [0.15, 0.2) is 0 Å². The molecule has 1 N–H and O–H groups in total. The first-order chi connectivity index (χ1) is 12.5. The molecular weight excluding hydrogens is 350 g/mol. The number of aryl methyl sites for hydroxylation is 1. The van der Waals surface area contributed by atoms with Gasteiger partial charge < -0.3 is 9.64 Å². The lowest BCUT2D eigenvalue weighted by atomic mass is 10.1. The van der Waals surface area contributed by atoms with E-state index in [0.717, 1.165) is 11.3 Å². The van der Waals surface area contributed by atoms with E-state index in [9.17, 15) is 4.79 Å². The maximum atomic E-state index is 12.7. The van der Waals surface area contributed by atoms with E-state index in [1.54, 1.807) is 30.3 Å². The molecule has 134 valence electrons. The average Bonchev–Trinajstić information content (AvgIpc) is 3.13. The second kappa shape index (κ2) is 8.06. The van der Waals surface area contributed by atoms with E-state index in [0.29, 0.717) is 29.4 Å². The van der Waals surface area contributed by atoms with Crippen LogP contribution in [0.5, 0.6) is 5.75 Å². The van der Waals surface area contributed by atoms with Crippen LogP contribution < -0.4 is 4.74 Å². The molecule has 0 spiro atoms. The zero-order valence-corrected chi connectivity index (χ0v) is 15.5. The lowest BCUT2D eigenvalue weighted by molar-refractivity contribution is 0.0774. The number of amides is 1. The smallest absolute Gasteiger partial charge is 0.257 e. The number of H-pyrrole nitrogens is 1. The Morgan fingerprint density at radius 1 is 1.15 bits per heavy atom. The number of aromatic nitrogens is 2. The van der Waals surface area contributed by atoms with Crippen LogP contribution in [0.1, 0.15) is 15.9 Å². The van der Waals surface area contributed by atoms with Crippen molar-refractivity contribution in [3.05, 3.63) is 70.9 Å². The Morgan fingerprint density at radius 2 is 1.85 bits per heavy atom. The van der Waals surface area contributed by atoms with Crippen molar-refractivity contribution in [2.75, 3.05) is 20.2 Å². The number of ether oxygens (including phenoxy) is 1. The van der Waals surface area contributed by atoms with Crippen LogP contribution in [0, 0.1) is 6.92 Å².